The number of carbonyl (C=O) groups excluding carboxylic acids is 2. The molecule has 1 aliphatic carbocycles. The molecule has 1 N–H and O–H groups in total. The zero-order valence-electron chi connectivity index (χ0n) is 20.8. The summed E-state index contributed by atoms with van der Waals surface area (Å²) in [5, 5.41) is 6.78. The van der Waals surface area contributed by atoms with Crippen LogP contribution in [-0.4, -0.2) is 48.9 Å². The highest BCUT2D eigenvalue weighted by Crippen LogP contribution is 2.33. The van der Waals surface area contributed by atoms with Crippen molar-refractivity contribution in [3.8, 4) is 23.0 Å². The Bertz CT molecular complexity index is 1280. The Balaban J connectivity index is 1.27. The molecule has 0 spiro atoms. The number of hydrogen-bond acceptors (Lipinski definition) is 8. The quantitative estimate of drug-likeness (QED) is 0.464. The first-order valence-corrected chi connectivity index (χ1v) is 12.2. The predicted octanol–water partition coefficient (Wildman–Crippen LogP) is 3.94. The summed E-state index contributed by atoms with van der Waals surface area (Å²) in [4.78, 5) is 28.0. The van der Waals surface area contributed by atoms with Gasteiger partial charge in [0, 0.05) is 24.2 Å². The molecular formula is C27H29N3O7. The van der Waals surface area contributed by atoms with Crippen LogP contribution in [0, 0.1) is 0 Å². The molecule has 10 nitrogen and oxygen atoms in total. The SMILES string of the molecule is COc1ccc(C(=O)N(Cc2cc(C(=O)NCc3ccc4c(c3)OCO4)no2)C2CCCC2)cc1OC. The number of hydrogen-bond donors (Lipinski definition) is 1. The van der Waals surface area contributed by atoms with Gasteiger partial charge < -0.3 is 33.7 Å². The Hall–Kier alpha value is -4.21. The first-order chi connectivity index (χ1) is 18.1. The van der Waals surface area contributed by atoms with Gasteiger partial charge in [0.1, 0.15) is 0 Å². The molecule has 5 rings (SSSR count). The van der Waals surface area contributed by atoms with Gasteiger partial charge in [-0.1, -0.05) is 24.1 Å². The van der Waals surface area contributed by atoms with E-state index in [0.29, 0.717) is 40.9 Å². The minimum absolute atomic E-state index is 0.0778. The van der Waals surface area contributed by atoms with Crippen molar-refractivity contribution in [1.29, 1.82) is 0 Å². The summed E-state index contributed by atoms with van der Waals surface area (Å²) in [6.07, 6.45) is 3.95. The van der Waals surface area contributed by atoms with Gasteiger partial charge in [0.15, 0.2) is 34.5 Å². The average molecular weight is 508 g/mol. The second-order valence-electron chi connectivity index (χ2n) is 8.99. The van der Waals surface area contributed by atoms with E-state index in [1.165, 1.54) is 7.11 Å². The second kappa shape index (κ2) is 10.8. The molecular weight excluding hydrogens is 478 g/mol. The Kier molecular flexibility index (Phi) is 7.16. The zero-order valence-corrected chi connectivity index (χ0v) is 20.8. The number of aromatic nitrogens is 1. The Morgan fingerprint density at radius 1 is 1.00 bits per heavy atom. The lowest BCUT2D eigenvalue weighted by molar-refractivity contribution is 0.0643. The van der Waals surface area contributed by atoms with Crippen LogP contribution in [0.25, 0.3) is 0 Å². The fraction of sp³-hybridized carbons (Fsp3) is 0.370. The normalized spacial score (nSPS) is 14.4. The van der Waals surface area contributed by atoms with E-state index in [0.717, 1.165) is 31.2 Å². The fourth-order valence-corrected chi connectivity index (χ4v) is 4.70. The molecule has 1 aromatic heterocycles. The van der Waals surface area contributed by atoms with Crippen molar-refractivity contribution in [1.82, 2.24) is 15.4 Å². The predicted molar refractivity (Wildman–Crippen MR) is 132 cm³/mol. The molecule has 37 heavy (non-hydrogen) atoms. The van der Waals surface area contributed by atoms with Crippen LogP contribution in [0.5, 0.6) is 23.0 Å². The first-order valence-electron chi connectivity index (χ1n) is 12.2. The van der Waals surface area contributed by atoms with Crippen molar-refractivity contribution in [2.45, 2.75) is 44.8 Å². The van der Waals surface area contributed by atoms with E-state index in [1.54, 1.807) is 36.3 Å². The van der Waals surface area contributed by atoms with Crippen LogP contribution in [0.1, 0.15) is 57.9 Å². The third kappa shape index (κ3) is 5.32. The number of ether oxygens (including phenoxy) is 4. The smallest absolute Gasteiger partial charge is 0.273 e. The van der Waals surface area contributed by atoms with E-state index in [2.05, 4.69) is 10.5 Å². The highest BCUT2D eigenvalue weighted by molar-refractivity contribution is 5.95. The van der Waals surface area contributed by atoms with Crippen molar-refractivity contribution < 1.29 is 33.1 Å². The van der Waals surface area contributed by atoms with E-state index < -0.39 is 0 Å². The summed E-state index contributed by atoms with van der Waals surface area (Å²) in [5.74, 6) is 2.31. The number of methoxy groups -OCH3 is 2. The van der Waals surface area contributed by atoms with Gasteiger partial charge in [-0.25, -0.2) is 0 Å². The summed E-state index contributed by atoms with van der Waals surface area (Å²) in [6.45, 7) is 0.698. The van der Waals surface area contributed by atoms with Gasteiger partial charge in [-0.05, 0) is 48.7 Å². The van der Waals surface area contributed by atoms with Crippen molar-refractivity contribution in [3.05, 3.63) is 65.0 Å². The van der Waals surface area contributed by atoms with E-state index in [9.17, 15) is 9.59 Å². The highest BCUT2D eigenvalue weighted by Gasteiger charge is 2.29. The topological polar surface area (TPSA) is 112 Å². The molecule has 1 aliphatic heterocycles. The van der Waals surface area contributed by atoms with Gasteiger partial charge in [-0.3, -0.25) is 9.59 Å². The maximum Gasteiger partial charge on any atom is 0.273 e. The number of nitrogens with one attached hydrogen (secondary N) is 1. The molecule has 0 saturated heterocycles. The van der Waals surface area contributed by atoms with Crippen molar-refractivity contribution >= 4 is 11.8 Å². The van der Waals surface area contributed by atoms with E-state index >= 15 is 0 Å². The second-order valence-corrected chi connectivity index (χ2v) is 8.99. The van der Waals surface area contributed by atoms with Crippen molar-refractivity contribution in [3.63, 3.8) is 0 Å². The van der Waals surface area contributed by atoms with E-state index in [4.69, 9.17) is 23.5 Å². The van der Waals surface area contributed by atoms with E-state index in [-0.39, 0.29) is 36.9 Å². The van der Waals surface area contributed by atoms with Crippen LogP contribution in [0.3, 0.4) is 0 Å². The van der Waals surface area contributed by atoms with Crippen LogP contribution in [0.2, 0.25) is 0 Å². The molecule has 2 aromatic carbocycles. The van der Waals surface area contributed by atoms with Gasteiger partial charge in [0.05, 0.1) is 20.8 Å². The molecule has 3 aromatic rings. The van der Waals surface area contributed by atoms with Gasteiger partial charge in [-0.2, -0.15) is 0 Å². The van der Waals surface area contributed by atoms with Crippen LogP contribution >= 0.6 is 0 Å². The maximum atomic E-state index is 13.6. The molecule has 0 atom stereocenters. The lowest BCUT2D eigenvalue weighted by Crippen LogP contribution is -2.38. The van der Waals surface area contributed by atoms with Crippen LogP contribution < -0.4 is 24.3 Å². The Morgan fingerprint density at radius 2 is 1.78 bits per heavy atom. The number of carbonyl (C=O) groups is 2. The molecule has 194 valence electrons. The van der Waals surface area contributed by atoms with Crippen LogP contribution in [-0.2, 0) is 13.1 Å². The van der Waals surface area contributed by atoms with Crippen LogP contribution in [0.4, 0.5) is 0 Å². The number of benzene rings is 2. The summed E-state index contributed by atoms with van der Waals surface area (Å²) in [6, 6.07) is 12.3. The average Bonchev–Trinajstić information content (AvgIpc) is 3.71. The molecule has 1 fully saturated rings. The molecule has 2 amide bonds. The van der Waals surface area contributed by atoms with Gasteiger partial charge >= 0.3 is 0 Å². The third-order valence-corrected chi connectivity index (χ3v) is 6.66. The Morgan fingerprint density at radius 3 is 2.57 bits per heavy atom. The molecule has 1 saturated carbocycles. The largest absolute Gasteiger partial charge is 0.493 e. The van der Waals surface area contributed by atoms with Gasteiger partial charge in [0.2, 0.25) is 6.79 Å². The standard InChI is InChI=1S/C27H29N3O7/c1-33-22-10-8-18(12-24(22)34-2)27(32)30(19-5-3-4-6-19)15-20-13-21(29-37-20)26(31)28-14-17-7-9-23-25(11-17)36-16-35-23/h7-13,19H,3-6,14-16H2,1-2H3,(H,28,31). The highest BCUT2D eigenvalue weighted by atomic mass is 16.7. The summed E-state index contributed by atoms with van der Waals surface area (Å²) in [7, 11) is 3.09. The lowest BCUT2D eigenvalue weighted by atomic mass is 10.1. The van der Waals surface area contributed by atoms with Crippen molar-refractivity contribution in [2.24, 2.45) is 0 Å². The number of amides is 2. The van der Waals surface area contributed by atoms with E-state index in [1.807, 2.05) is 18.2 Å². The molecule has 0 unspecified atom stereocenters. The lowest BCUT2D eigenvalue weighted by Gasteiger charge is -2.28. The number of fused-ring (bicyclic) bond motifs is 1. The molecule has 2 heterocycles. The minimum atomic E-state index is -0.369. The molecule has 0 bridgehead atoms. The zero-order chi connectivity index (χ0) is 25.8. The number of nitrogens with zero attached hydrogens (tertiary/aromatic N) is 2. The molecule has 10 heteroatoms. The third-order valence-electron chi connectivity index (χ3n) is 6.66. The summed E-state index contributed by atoms with van der Waals surface area (Å²) >= 11 is 0. The van der Waals surface area contributed by atoms with Crippen LogP contribution in [0.15, 0.2) is 47.0 Å². The first kappa shape index (κ1) is 24.5. The monoisotopic (exact) mass is 507 g/mol. The molecule has 0 radical (unpaired) electrons. The Labute approximate surface area is 214 Å². The summed E-state index contributed by atoms with van der Waals surface area (Å²) in [5.41, 5.74) is 1.51. The number of rotatable bonds is 9. The maximum absolute atomic E-state index is 13.6. The van der Waals surface area contributed by atoms with Gasteiger partial charge in [0.25, 0.3) is 11.8 Å². The molecule has 2 aliphatic rings. The summed E-state index contributed by atoms with van der Waals surface area (Å²) < 4.78 is 26.8. The van der Waals surface area contributed by atoms with Gasteiger partial charge in [-0.15, -0.1) is 0 Å². The fourth-order valence-electron chi connectivity index (χ4n) is 4.70. The van der Waals surface area contributed by atoms with Crippen molar-refractivity contribution in [2.75, 3.05) is 21.0 Å². The minimum Gasteiger partial charge on any atom is -0.493 e.